The van der Waals surface area contributed by atoms with Crippen molar-refractivity contribution in [3.63, 3.8) is 0 Å². The average Bonchev–Trinajstić information content (AvgIpc) is 3.37. The van der Waals surface area contributed by atoms with Gasteiger partial charge in [-0.15, -0.1) is 0 Å². The van der Waals surface area contributed by atoms with Crippen molar-refractivity contribution in [3.8, 4) is 11.4 Å². The van der Waals surface area contributed by atoms with Gasteiger partial charge in [0.2, 0.25) is 5.91 Å². The zero-order valence-corrected chi connectivity index (χ0v) is 14.9. The van der Waals surface area contributed by atoms with Gasteiger partial charge in [0.25, 0.3) is 0 Å². The van der Waals surface area contributed by atoms with E-state index in [9.17, 15) is 4.79 Å². The Hall–Kier alpha value is -2.84. The molecule has 8 nitrogen and oxygen atoms in total. The number of hydrogen-bond acceptors (Lipinski definition) is 6. The Labute approximate surface area is 156 Å². The maximum atomic E-state index is 12.3. The number of fused-ring (bicyclic) bond motifs is 2. The van der Waals surface area contributed by atoms with Gasteiger partial charge in [0.05, 0.1) is 35.7 Å². The minimum atomic E-state index is -0.131. The van der Waals surface area contributed by atoms with Crippen molar-refractivity contribution in [1.29, 1.82) is 0 Å². The predicted octanol–water partition coefficient (Wildman–Crippen LogP) is 1.29. The van der Waals surface area contributed by atoms with E-state index in [1.54, 1.807) is 6.20 Å². The summed E-state index contributed by atoms with van der Waals surface area (Å²) in [6.45, 7) is 3.48. The molecule has 1 fully saturated rings. The van der Waals surface area contributed by atoms with Crippen LogP contribution in [0.15, 0.2) is 30.6 Å². The summed E-state index contributed by atoms with van der Waals surface area (Å²) in [5.41, 5.74) is 2.71. The van der Waals surface area contributed by atoms with Gasteiger partial charge >= 0.3 is 0 Å². The number of pyridine rings is 2. The van der Waals surface area contributed by atoms with Gasteiger partial charge in [-0.05, 0) is 31.5 Å². The molecule has 3 aromatic heterocycles. The standard InChI is InChI=1S/C19H21N7O/c27-19(14-2-1-5-21-14)25-17-8-15-12(9-22-17)3-4-13(24-15)16-10-23-18-11-20-6-7-26(16)18/h3-4,8-10,14,20-21H,1-2,5-7,11H2,(H,22,25,27)/t14-/m1/s1. The topological polar surface area (TPSA) is 96.8 Å². The lowest BCUT2D eigenvalue weighted by Crippen LogP contribution is -2.35. The first-order valence-electron chi connectivity index (χ1n) is 9.34. The third-order valence-corrected chi connectivity index (χ3v) is 5.20. The number of aromatic nitrogens is 4. The second-order valence-electron chi connectivity index (χ2n) is 6.99. The molecule has 8 heteroatoms. The molecular weight excluding hydrogens is 342 g/mol. The molecule has 5 rings (SSSR count). The number of imidazole rings is 1. The molecule has 1 amide bonds. The first kappa shape index (κ1) is 16.3. The van der Waals surface area contributed by atoms with E-state index in [0.717, 1.165) is 67.1 Å². The van der Waals surface area contributed by atoms with Crippen LogP contribution in [0, 0.1) is 0 Å². The quantitative estimate of drug-likeness (QED) is 0.649. The van der Waals surface area contributed by atoms with Crippen molar-refractivity contribution in [2.75, 3.05) is 18.4 Å². The highest BCUT2D eigenvalue weighted by atomic mass is 16.2. The van der Waals surface area contributed by atoms with Gasteiger partial charge < -0.3 is 20.5 Å². The van der Waals surface area contributed by atoms with Gasteiger partial charge in [0, 0.05) is 30.7 Å². The third-order valence-electron chi connectivity index (χ3n) is 5.20. The highest BCUT2D eigenvalue weighted by Crippen LogP contribution is 2.24. The monoisotopic (exact) mass is 363 g/mol. The lowest BCUT2D eigenvalue weighted by molar-refractivity contribution is -0.117. The summed E-state index contributed by atoms with van der Waals surface area (Å²) < 4.78 is 2.21. The summed E-state index contributed by atoms with van der Waals surface area (Å²) in [5, 5.41) is 10.4. The maximum Gasteiger partial charge on any atom is 0.242 e. The van der Waals surface area contributed by atoms with Crippen LogP contribution in [0.1, 0.15) is 18.7 Å². The molecule has 0 spiro atoms. The van der Waals surface area contributed by atoms with Crippen LogP contribution in [0.5, 0.6) is 0 Å². The molecule has 138 valence electrons. The number of anilines is 1. The molecule has 2 aliphatic rings. The van der Waals surface area contributed by atoms with Crippen LogP contribution < -0.4 is 16.0 Å². The summed E-state index contributed by atoms with van der Waals surface area (Å²) in [4.78, 5) is 26.0. The van der Waals surface area contributed by atoms with Crippen molar-refractivity contribution < 1.29 is 4.79 Å². The highest BCUT2D eigenvalue weighted by Gasteiger charge is 2.22. The lowest BCUT2D eigenvalue weighted by Gasteiger charge is -2.17. The Morgan fingerprint density at radius 3 is 3.07 bits per heavy atom. The number of hydrogen-bond donors (Lipinski definition) is 3. The molecule has 3 aromatic rings. The molecule has 1 atom stereocenters. The van der Waals surface area contributed by atoms with Gasteiger partial charge in [-0.25, -0.2) is 15.0 Å². The van der Waals surface area contributed by atoms with E-state index in [-0.39, 0.29) is 11.9 Å². The van der Waals surface area contributed by atoms with Crippen LogP contribution in [-0.4, -0.2) is 44.6 Å². The first-order valence-corrected chi connectivity index (χ1v) is 9.34. The first-order chi connectivity index (χ1) is 13.3. The Morgan fingerprint density at radius 2 is 2.19 bits per heavy atom. The van der Waals surface area contributed by atoms with Gasteiger partial charge in [0.15, 0.2) is 0 Å². The van der Waals surface area contributed by atoms with E-state index < -0.39 is 0 Å². The molecule has 27 heavy (non-hydrogen) atoms. The van der Waals surface area contributed by atoms with E-state index in [1.165, 1.54) is 0 Å². The van der Waals surface area contributed by atoms with Crippen LogP contribution in [0.4, 0.5) is 5.82 Å². The largest absolute Gasteiger partial charge is 0.324 e. The van der Waals surface area contributed by atoms with Gasteiger partial charge in [0.1, 0.15) is 11.6 Å². The molecule has 3 N–H and O–H groups in total. The van der Waals surface area contributed by atoms with Gasteiger partial charge in [-0.3, -0.25) is 4.79 Å². The van der Waals surface area contributed by atoms with E-state index >= 15 is 0 Å². The molecule has 0 bridgehead atoms. The molecule has 2 aliphatic heterocycles. The van der Waals surface area contributed by atoms with Crippen LogP contribution in [0.3, 0.4) is 0 Å². The minimum Gasteiger partial charge on any atom is -0.324 e. The zero-order chi connectivity index (χ0) is 18.2. The van der Waals surface area contributed by atoms with Crippen molar-refractivity contribution >= 4 is 22.6 Å². The number of nitrogens with zero attached hydrogens (tertiary/aromatic N) is 4. The summed E-state index contributed by atoms with van der Waals surface area (Å²) in [6, 6.07) is 5.71. The van der Waals surface area contributed by atoms with Crippen LogP contribution in [-0.2, 0) is 17.9 Å². The number of amides is 1. The average molecular weight is 363 g/mol. The smallest absolute Gasteiger partial charge is 0.242 e. The third kappa shape index (κ3) is 3.07. The second-order valence-corrected chi connectivity index (χ2v) is 6.99. The Bertz CT molecular complexity index is 1010. The maximum absolute atomic E-state index is 12.3. The Balaban J connectivity index is 1.46. The zero-order valence-electron chi connectivity index (χ0n) is 14.9. The summed E-state index contributed by atoms with van der Waals surface area (Å²) in [6.07, 6.45) is 5.52. The number of nitrogens with one attached hydrogen (secondary N) is 3. The van der Waals surface area contributed by atoms with Crippen LogP contribution in [0.2, 0.25) is 0 Å². The molecule has 0 aromatic carbocycles. The second kappa shape index (κ2) is 6.71. The lowest BCUT2D eigenvalue weighted by atomic mass is 10.2. The van der Waals surface area contributed by atoms with Gasteiger partial charge in [-0.2, -0.15) is 0 Å². The van der Waals surface area contributed by atoms with Crippen molar-refractivity contribution in [1.82, 2.24) is 30.2 Å². The van der Waals surface area contributed by atoms with E-state index in [2.05, 4.69) is 30.5 Å². The number of rotatable bonds is 3. The summed E-state index contributed by atoms with van der Waals surface area (Å²) in [5.74, 6) is 1.53. The van der Waals surface area contributed by atoms with Crippen molar-refractivity contribution in [2.24, 2.45) is 0 Å². The number of carbonyl (C=O) groups is 1. The van der Waals surface area contributed by atoms with E-state index in [1.807, 2.05) is 24.4 Å². The van der Waals surface area contributed by atoms with Crippen LogP contribution >= 0.6 is 0 Å². The fourth-order valence-electron chi connectivity index (χ4n) is 3.75. The summed E-state index contributed by atoms with van der Waals surface area (Å²) in [7, 11) is 0. The molecule has 0 saturated carbocycles. The predicted molar refractivity (Wildman–Crippen MR) is 102 cm³/mol. The molecule has 5 heterocycles. The van der Waals surface area contributed by atoms with Crippen molar-refractivity contribution in [2.45, 2.75) is 32.0 Å². The molecule has 0 aliphatic carbocycles. The molecule has 0 radical (unpaired) electrons. The molecule has 0 unspecified atom stereocenters. The Morgan fingerprint density at radius 1 is 1.22 bits per heavy atom. The molecular formula is C19H21N7O. The van der Waals surface area contributed by atoms with Crippen LogP contribution in [0.25, 0.3) is 22.3 Å². The fourth-order valence-corrected chi connectivity index (χ4v) is 3.75. The Kier molecular flexibility index (Phi) is 4.06. The van der Waals surface area contributed by atoms with Gasteiger partial charge in [-0.1, -0.05) is 0 Å². The molecule has 1 saturated heterocycles. The normalized spacial score (nSPS) is 19.2. The summed E-state index contributed by atoms with van der Waals surface area (Å²) >= 11 is 0. The van der Waals surface area contributed by atoms with E-state index in [0.29, 0.717) is 5.82 Å². The highest BCUT2D eigenvalue weighted by molar-refractivity contribution is 5.95. The van der Waals surface area contributed by atoms with E-state index in [4.69, 9.17) is 4.98 Å². The SMILES string of the molecule is O=C(Nc1cc2nc(-c3cnc4n3CCNC4)ccc2cn1)[C@H]1CCCN1. The minimum absolute atomic E-state index is 0.0344. The number of carbonyl (C=O) groups excluding carboxylic acids is 1. The fraction of sp³-hybridized carbons (Fsp3) is 0.368. The van der Waals surface area contributed by atoms with Crippen molar-refractivity contribution in [3.05, 3.63) is 36.4 Å².